The fourth-order valence-corrected chi connectivity index (χ4v) is 3.94. The molecule has 4 amide bonds. The number of benzene rings is 1. The number of hydrogen-bond acceptors (Lipinski definition) is 5. The largest absolute Gasteiger partial charge is 0.467 e. The van der Waals surface area contributed by atoms with Crippen LogP contribution in [0.4, 0.5) is 4.79 Å². The van der Waals surface area contributed by atoms with Crippen LogP contribution in [-0.2, 0) is 31.1 Å². The highest BCUT2D eigenvalue weighted by Crippen LogP contribution is 2.41. The summed E-state index contributed by atoms with van der Waals surface area (Å²) in [4.78, 5) is 50.8. The fourth-order valence-electron chi connectivity index (χ4n) is 3.94. The van der Waals surface area contributed by atoms with E-state index in [4.69, 9.17) is 4.74 Å². The van der Waals surface area contributed by atoms with Crippen molar-refractivity contribution in [1.29, 1.82) is 0 Å². The Kier molecular flexibility index (Phi) is 5.40. The van der Waals surface area contributed by atoms with Gasteiger partial charge >= 0.3 is 12.0 Å². The summed E-state index contributed by atoms with van der Waals surface area (Å²) in [6.07, 6.45) is 1.55. The van der Waals surface area contributed by atoms with Crippen LogP contribution >= 0.6 is 0 Å². The van der Waals surface area contributed by atoms with E-state index in [1.807, 2.05) is 38.1 Å². The SMILES string of the molecule is COC(=O)[C@H](CC(C)C)NC(=O)CN1C(=O)N[C@]2(CCc3ccccc32)C1=O. The zero-order valence-corrected chi connectivity index (χ0v) is 16.3. The number of nitrogens with zero attached hydrogens (tertiary/aromatic N) is 1. The maximum atomic E-state index is 13.1. The number of rotatable bonds is 6. The Morgan fingerprint density at radius 3 is 2.68 bits per heavy atom. The molecule has 0 unspecified atom stereocenters. The van der Waals surface area contributed by atoms with Crippen molar-refractivity contribution in [3.63, 3.8) is 0 Å². The van der Waals surface area contributed by atoms with E-state index in [1.54, 1.807) is 0 Å². The van der Waals surface area contributed by atoms with Gasteiger partial charge in [0.05, 0.1) is 7.11 Å². The minimum Gasteiger partial charge on any atom is -0.467 e. The van der Waals surface area contributed by atoms with Crippen LogP contribution in [0.2, 0.25) is 0 Å². The lowest BCUT2D eigenvalue weighted by atomic mass is 9.92. The maximum Gasteiger partial charge on any atom is 0.328 e. The van der Waals surface area contributed by atoms with Gasteiger partial charge in [0.1, 0.15) is 18.1 Å². The average molecular weight is 387 g/mol. The van der Waals surface area contributed by atoms with Crippen molar-refractivity contribution in [3.05, 3.63) is 35.4 Å². The number of aryl methyl sites for hydroxylation is 1. The summed E-state index contributed by atoms with van der Waals surface area (Å²) in [5.41, 5.74) is 0.696. The van der Waals surface area contributed by atoms with Crippen molar-refractivity contribution in [2.45, 2.75) is 44.7 Å². The molecule has 1 saturated heterocycles. The molecule has 0 saturated carbocycles. The number of carbonyl (C=O) groups excluding carboxylic acids is 4. The smallest absolute Gasteiger partial charge is 0.328 e. The van der Waals surface area contributed by atoms with Crippen molar-refractivity contribution in [2.24, 2.45) is 5.92 Å². The molecule has 1 aliphatic carbocycles. The zero-order chi connectivity index (χ0) is 20.5. The van der Waals surface area contributed by atoms with Crippen LogP contribution < -0.4 is 10.6 Å². The van der Waals surface area contributed by atoms with Crippen LogP contribution in [0, 0.1) is 5.92 Å². The molecular weight excluding hydrogens is 362 g/mol. The Balaban J connectivity index is 1.73. The molecule has 1 heterocycles. The van der Waals surface area contributed by atoms with Crippen molar-refractivity contribution < 1.29 is 23.9 Å². The number of imide groups is 1. The highest BCUT2D eigenvalue weighted by molar-refractivity contribution is 6.10. The molecule has 2 aliphatic rings. The molecule has 1 spiro atoms. The third kappa shape index (κ3) is 3.46. The van der Waals surface area contributed by atoms with Crippen molar-refractivity contribution in [2.75, 3.05) is 13.7 Å². The first-order valence-electron chi connectivity index (χ1n) is 9.38. The molecule has 0 radical (unpaired) electrons. The number of nitrogens with one attached hydrogen (secondary N) is 2. The van der Waals surface area contributed by atoms with Gasteiger partial charge in [-0.05, 0) is 36.3 Å². The van der Waals surface area contributed by atoms with Crippen LogP contribution in [0.1, 0.15) is 37.8 Å². The first-order valence-corrected chi connectivity index (χ1v) is 9.38. The number of ether oxygens (including phenoxy) is 1. The Hall–Kier alpha value is -2.90. The first-order chi connectivity index (χ1) is 13.3. The van der Waals surface area contributed by atoms with Gasteiger partial charge in [-0.15, -0.1) is 0 Å². The number of hydrogen-bond donors (Lipinski definition) is 2. The second-order valence-electron chi connectivity index (χ2n) is 7.66. The molecule has 1 aromatic rings. The quantitative estimate of drug-likeness (QED) is 0.561. The van der Waals surface area contributed by atoms with E-state index < -0.39 is 41.9 Å². The van der Waals surface area contributed by atoms with Gasteiger partial charge < -0.3 is 15.4 Å². The van der Waals surface area contributed by atoms with Crippen molar-refractivity contribution in [1.82, 2.24) is 15.5 Å². The second kappa shape index (κ2) is 7.61. The maximum absolute atomic E-state index is 13.1. The lowest BCUT2D eigenvalue weighted by molar-refractivity contribution is -0.145. The number of carbonyl (C=O) groups is 4. The van der Waals surface area contributed by atoms with Crippen LogP contribution in [0.3, 0.4) is 0 Å². The topological polar surface area (TPSA) is 105 Å². The van der Waals surface area contributed by atoms with Crippen LogP contribution in [0.25, 0.3) is 0 Å². The number of amides is 4. The van der Waals surface area contributed by atoms with Gasteiger partial charge in [-0.1, -0.05) is 38.1 Å². The lowest BCUT2D eigenvalue weighted by Crippen LogP contribution is -2.48. The molecule has 8 nitrogen and oxygen atoms in total. The Morgan fingerprint density at radius 1 is 1.29 bits per heavy atom. The van der Waals surface area contributed by atoms with Gasteiger partial charge in [0.15, 0.2) is 0 Å². The van der Waals surface area contributed by atoms with Gasteiger partial charge in [0.2, 0.25) is 5.91 Å². The van der Waals surface area contributed by atoms with Gasteiger partial charge in [-0.2, -0.15) is 0 Å². The Bertz CT molecular complexity index is 822. The molecule has 150 valence electrons. The minimum absolute atomic E-state index is 0.152. The highest BCUT2D eigenvalue weighted by Gasteiger charge is 2.55. The van der Waals surface area contributed by atoms with E-state index in [0.29, 0.717) is 19.3 Å². The first kappa shape index (κ1) is 19.9. The van der Waals surface area contributed by atoms with Crippen molar-refractivity contribution >= 4 is 23.8 Å². The number of fused-ring (bicyclic) bond motifs is 2. The van der Waals surface area contributed by atoms with E-state index in [1.165, 1.54) is 7.11 Å². The third-order valence-corrected chi connectivity index (χ3v) is 5.25. The second-order valence-corrected chi connectivity index (χ2v) is 7.66. The standard InChI is InChI=1S/C20H25N3O5/c1-12(2)10-15(17(25)28-3)21-16(24)11-23-18(26)20(22-19(23)27)9-8-13-6-4-5-7-14(13)20/h4-7,12,15H,8-11H2,1-3H3,(H,21,24)(H,22,27)/t15-,20-/m0/s1. The lowest BCUT2D eigenvalue weighted by Gasteiger charge is -2.23. The summed E-state index contributed by atoms with van der Waals surface area (Å²) in [6, 6.07) is 6.07. The van der Waals surface area contributed by atoms with Gasteiger partial charge in [0.25, 0.3) is 5.91 Å². The van der Waals surface area contributed by atoms with E-state index in [9.17, 15) is 19.2 Å². The molecule has 8 heteroatoms. The van der Waals surface area contributed by atoms with Crippen molar-refractivity contribution in [3.8, 4) is 0 Å². The summed E-state index contributed by atoms with van der Waals surface area (Å²) < 4.78 is 4.73. The average Bonchev–Trinajstić information content (AvgIpc) is 3.14. The van der Waals surface area contributed by atoms with E-state index in [2.05, 4.69) is 10.6 Å². The molecular formula is C20H25N3O5. The molecule has 0 aromatic heterocycles. The van der Waals surface area contributed by atoms with Gasteiger partial charge in [0, 0.05) is 0 Å². The molecule has 1 aromatic carbocycles. The summed E-state index contributed by atoms with van der Waals surface area (Å²) >= 11 is 0. The molecule has 1 fully saturated rings. The molecule has 3 rings (SSSR count). The predicted molar refractivity (Wildman–Crippen MR) is 100 cm³/mol. The molecule has 1 aliphatic heterocycles. The minimum atomic E-state index is -1.10. The van der Waals surface area contributed by atoms with Crippen LogP contribution in [0.5, 0.6) is 0 Å². The molecule has 2 N–H and O–H groups in total. The van der Waals surface area contributed by atoms with E-state index in [0.717, 1.165) is 16.0 Å². The molecule has 2 atom stereocenters. The summed E-state index contributed by atoms with van der Waals surface area (Å²) in [7, 11) is 1.25. The number of methoxy groups -OCH3 is 1. The summed E-state index contributed by atoms with van der Waals surface area (Å²) in [6.45, 7) is 3.39. The molecule has 0 bridgehead atoms. The zero-order valence-electron chi connectivity index (χ0n) is 16.3. The van der Waals surface area contributed by atoms with Crippen LogP contribution in [-0.4, -0.2) is 48.4 Å². The monoisotopic (exact) mass is 387 g/mol. The van der Waals surface area contributed by atoms with Crippen LogP contribution in [0.15, 0.2) is 24.3 Å². The fraction of sp³-hybridized carbons (Fsp3) is 0.500. The van der Waals surface area contributed by atoms with Gasteiger partial charge in [-0.25, -0.2) is 9.59 Å². The predicted octanol–water partition coefficient (Wildman–Crippen LogP) is 1.08. The third-order valence-electron chi connectivity index (χ3n) is 5.25. The molecule has 28 heavy (non-hydrogen) atoms. The Labute approximate surface area is 163 Å². The Morgan fingerprint density at radius 2 is 2.00 bits per heavy atom. The normalized spacial score (nSPS) is 21.6. The van der Waals surface area contributed by atoms with Gasteiger partial charge in [-0.3, -0.25) is 14.5 Å². The summed E-state index contributed by atoms with van der Waals surface area (Å²) in [5, 5.41) is 5.35. The number of urea groups is 1. The summed E-state index contributed by atoms with van der Waals surface area (Å²) in [5.74, 6) is -1.42. The highest BCUT2D eigenvalue weighted by atomic mass is 16.5. The van der Waals surface area contributed by atoms with E-state index >= 15 is 0 Å². The number of esters is 1. The van der Waals surface area contributed by atoms with E-state index in [-0.39, 0.29) is 5.92 Å².